The Morgan fingerprint density at radius 2 is 1.95 bits per heavy atom. The van der Waals surface area contributed by atoms with Crippen LogP contribution in [0.3, 0.4) is 0 Å². The van der Waals surface area contributed by atoms with Gasteiger partial charge in [-0.2, -0.15) is 0 Å². The molecule has 0 saturated carbocycles. The molecule has 2 rings (SSSR count). The topological polar surface area (TPSA) is 55.2 Å². The van der Waals surface area contributed by atoms with E-state index in [0.29, 0.717) is 21.5 Å². The normalized spacial score (nSPS) is 10.4. The number of halogens is 2. The summed E-state index contributed by atoms with van der Waals surface area (Å²) in [4.78, 5) is 11.5. The average molecular weight is 343 g/mol. The van der Waals surface area contributed by atoms with Crippen LogP contribution in [-0.4, -0.2) is 12.0 Å². The van der Waals surface area contributed by atoms with Crippen LogP contribution in [0.15, 0.2) is 41.3 Å². The van der Waals surface area contributed by atoms with E-state index in [1.165, 1.54) is 6.07 Å². The summed E-state index contributed by atoms with van der Waals surface area (Å²) in [5.41, 5.74) is 1.56. The van der Waals surface area contributed by atoms with E-state index in [2.05, 4.69) is 5.32 Å². The van der Waals surface area contributed by atoms with E-state index in [9.17, 15) is 10.1 Å². The number of nitro benzene ring substituents is 1. The second kappa shape index (κ2) is 7.02. The molecule has 0 saturated heterocycles. The molecular weight excluding hydrogens is 331 g/mol. The monoisotopic (exact) mass is 342 g/mol. The lowest BCUT2D eigenvalue weighted by Gasteiger charge is -2.07. The first-order valence-electron chi connectivity index (χ1n) is 6.04. The van der Waals surface area contributed by atoms with Crippen molar-refractivity contribution in [1.82, 2.24) is 0 Å². The molecule has 0 aliphatic rings. The van der Waals surface area contributed by atoms with E-state index in [0.717, 1.165) is 10.5 Å². The molecule has 110 valence electrons. The van der Waals surface area contributed by atoms with Crippen LogP contribution >= 0.6 is 35.0 Å². The number of hydrogen-bond acceptors (Lipinski definition) is 4. The Bertz CT molecular complexity index is 680. The third-order valence-corrected chi connectivity index (χ3v) is 4.63. The zero-order valence-corrected chi connectivity index (χ0v) is 13.4. The summed E-state index contributed by atoms with van der Waals surface area (Å²) >= 11 is 13.4. The SMILES string of the molecule is CNc1cc(CSc2ccc(Cl)c(Cl)c2)ccc1[N+](=O)[O-]. The molecule has 0 aromatic heterocycles. The minimum atomic E-state index is -0.401. The average Bonchev–Trinajstić information content (AvgIpc) is 2.48. The number of nitrogens with zero attached hydrogens (tertiary/aromatic N) is 1. The number of thioether (sulfide) groups is 1. The minimum Gasteiger partial charge on any atom is -0.383 e. The number of rotatable bonds is 5. The minimum absolute atomic E-state index is 0.0702. The molecule has 0 aliphatic heterocycles. The Labute approximate surface area is 136 Å². The standard InChI is InChI=1S/C14H12Cl2N2O2S/c1-17-13-6-9(2-5-14(13)18(19)20)8-21-10-3-4-11(15)12(16)7-10/h2-7,17H,8H2,1H3. The fourth-order valence-electron chi connectivity index (χ4n) is 1.77. The third-order valence-electron chi connectivity index (χ3n) is 2.82. The molecule has 0 fully saturated rings. The summed E-state index contributed by atoms with van der Waals surface area (Å²) < 4.78 is 0. The highest BCUT2D eigenvalue weighted by Gasteiger charge is 2.12. The molecule has 0 radical (unpaired) electrons. The van der Waals surface area contributed by atoms with Crippen molar-refractivity contribution in [3.63, 3.8) is 0 Å². The van der Waals surface area contributed by atoms with Crippen molar-refractivity contribution < 1.29 is 4.92 Å². The van der Waals surface area contributed by atoms with Crippen molar-refractivity contribution in [2.24, 2.45) is 0 Å². The summed E-state index contributed by atoms with van der Waals surface area (Å²) in [7, 11) is 1.66. The maximum Gasteiger partial charge on any atom is 0.292 e. The predicted molar refractivity (Wildman–Crippen MR) is 88.7 cm³/mol. The fraction of sp³-hybridized carbons (Fsp3) is 0.143. The zero-order chi connectivity index (χ0) is 15.4. The Hall–Kier alpha value is -1.43. The van der Waals surface area contributed by atoms with Gasteiger partial charge in [-0.05, 0) is 29.8 Å². The van der Waals surface area contributed by atoms with Crippen LogP contribution in [0.25, 0.3) is 0 Å². The van der Waals surface area contributed by atoms with Gasteiger partial charge in [-0.25, -0.2) is 0 Å². The molecule has 0 spiro atoms. The molecule has 2 aromatic rings. The number of nitro groups is 1. The molecule has 21 heavy (non-hydrogen) atoms. The van der Waals surface area contributed by atoms with E-state index in [4.69, 9.17) is 23.2 Å². The molecule has 1 N–H and O–H groups in total. The number of hydrogen-bond donors (Lipinski definition) is 1. The summed E-state index contributed by atoms with van der Waals surface area (Å²) in [5.74, 6) is 0.685. The van der Waals surface area contributed by atoms with Crippen molar-refractivity contribution in [1.29, 1.82) is 0 Å². The highest BCUT2D eigenvalue weighted by Crippen LogP contribution is 2.31. The van der Waals surface area contributed by atoms with Crippen molar-refractivity contribution >= 4 is 46.3 Å². The Morgan fingerprint density at radius 1 is 1.19 bits per heavy atom. The Balaban J connectivity index is 2.13. The summed E-state index contributed by atoms with van der Waals surface area (Å²) in [5, 5.41) is 14.8. The second-order valence-electron chi connectivity index (χ2n) is 4.22. The molecule has 7 heteroatoms. The van der Waals surface area contributed by atoms with Crippen molar-refractivity contribution in [3.8, 4) is 0 Å². The van der Waals surface area contributed by atoms with Crippen LogP contribution in [0.1, 0.15) is 5.56 Å². The van der Waals surface area contributed by atoms with E-state index in [1.54, 1.807) is 43.1 Å². The molecule has 0 aliphatic carbocycles. The van der Waals surface area contributed by atoms with Crippen molar-refractivity contribution in [2.75, 3.05) is 12.4 Å². The van der Waals surface area contributed by atoms with E-state index < -0.39 is 4.92 Å². The molecular formula is C14H12Cl2N2O2S. The number of anilines is 1. The van der Waals surface area contributed by atoms with Gasteiger partial charge in [0.05, 0.1) is 15.0 Å². The van der Waals surface area contributed by atoms with Crippen LogP contribution in [-0.2, 0) is 5.75 Å². The van der Waals surface area contributed by atoms with Crippen molar-refractivity contribution in [2.45, 2.75) is 10.6 Å². The first-order chi connectivity index (χ1) is 10.0. The quantitative estimate of drug-likeness (QED) is 0.458. The first kappa shape index (κ1) is 15.9. The molecule has 0 amide bonds. The summed E-state index contributed by atoms with van der Waals surface area (Å²) in [6.07, 6.45) is 0. The summed E-state index contributed by atoms with van der Waals surface area (Å²) in [6, 6.07) is 10.5. The van der Waals surface area contributed by atoms with Gasteiger partial charge in [0.15, 0.2) is 0 Å². The van der Waals surface area contributed by atoms with E-state index in [1.807, 2.05) is 6.07 Å². The van der Waals surface area contributed by atoms with Crippen LogP contribution < -0.4 is 5.32 Å². The van der Waals surface area contributed by atoms with Gasteiger partial charge in [0.1, 0.15) is 5.69 Å². The molecule has 0 bridgehead atoms. The predicted octanol–water partition coefficient (Wildman–Crippen LogP) is 5.24. The van der Waals surface area contributed by atoms with Gasteiger partial charge < -0.3 is 5.32 Å². The van der Waals surface area contributed by atoms with Gasteiger partial charge in [-0.15, -0.1) is 11.8 Å². The highest BCUT2D eigenvalue weighted by atomic mass is 35.5. The van der Waals surface area contributed by atoms with Crippen LogP contribution in [0.4, 0.5) is 11.4 Å². The summed E-state index contributed by atoms with van der Waals surface area (Å²) in [6.45, 7) is 0. The van der Waals surface area contributed by atoms with Gasteiger partial charge in [0.25, 0.3) is 5.69 Å². The van der Waals surface area contributed by atoms with Gasteiger partial charge in [0.2, 0.25) is 0 Å². The maximum atomic E-state index is 10.9. The first-order valence-corrected chi connectivity index (χ1v) is 7.78. The molecule has 0 heterocycles. The lowest BCUT2D eigenvalue weighted by atomic mass is 10.2. The molecule has 2 aromatic carbocycles. The van der Waals surface area contributed by atoms with Gasteiger partial charge >= 0.3 is 0 Å². The van der Waals surface area contributed by atoms with Gasteiger partial charge in [-0.1, -0.05) is 29.3 Å². The van der Waals surface area contributed by atoms with Crippen LogP contribution in [0, 0.1) is 10.1 Å². The largest absolute Gasteiger partial charge is 0.383 e. The fourth-order valence-corrected chi connectivity index (χ4v) is 3.01. The van der Waals surface area contributed by atoms with E-state index in [-0.39, 0.29) is 5.69 Å². The smallest absolute Gasteiger partial charge is 0.292 e. The Kier molecular flexibility index (Phi) is 5.33. The highest BCUT2D eigenvalue weighted by molar-refractivity contribution is 7.98. The Morgan fingerprint density at radius 3 is 2.57 bits per heavy atom. The zero-order valence-electron chi connectivity index (χ0n) is 11.1. The third kappa shape index (κ3) is 4.03. The molecule has 0 unspecified atom stereocenters. The lowest BCUT2D eigenvalue weighted by molar-refractivity contribution is -0.383. The van der Waals surface area contributed by atoms with Crippen LogP contribution in [0.2, 0.25) is 10.0 Å². The molecule has 4 nitrogen and oxygen atoms in total. The van der Waals surface area contributed by atoms with Crippen LogP contribution in [0.5, 0.6) is 0 Å². The van der Waals surface area contributed by atoms with Gasteiger partial charge in [0, 0.05) is 23.8 Å². The number of nitrogens with one attached hydrogen (secondary N) is 1. The molecule has 0 atom stereocenters. The van der Waals surface area contributed by atoms with E-state index >= 15 is 0 Å². The van der Waals surface area contributed by atoms with Crippen molar-refractivity contribution in [3.05, 3.63) is 62.1 Å². The second-order valence-corrected chi connectivity index (χ2v) is 6.09. The maximum absolute atomic E-state index is 10.9. The van der Waals surface area contributed by atoms with Gasteiger partial charge in [-0.3, -0.25) is 10.1 Å². The number of benzene rings is 2. The lowest BCUT2D eigenvalue weighted by Crippen LogP contribution is -1.97.